The molecule has 0 aliphatic carbocycles. The minimum atomic E-state index is -0.281. The molecule has 0 saturated carbocycles. The lowest BCUT2D eigenvalue weighted by atomic mass is 10.1. The lowest BCUT2D eigenvalue weighted by Crippen LogP contribution is -2.37. The SMILES string of the molecule is Fc1ccc(N2CC3CCN(CCn4nccn4)C3C2)nc1. The zero-order valence-corrected chi connectivity index (χ0v) is 12.3. The topological polar surface area (TPSA) is 50.1 Å². The minimum absolute atomic E-state index is 0.281. The van der Waals surface area contributed by atoms with E-state index in [0.717, 1.165) is 38.5 Å². The number of pyridine rings is 1. The summed E-state index contributed by atoms with van der Waals surface area (Å²) < 4.78 is 13.0. The Hall–Kier alpha value is -2.02. The molecule has 4 rings (SSSR count). The summed E-state index contributed by atoms with van der Waals surface area (Å²) in [6.45, 7) is 4.92. The zero-order valence-electron chi connectivity index (χ0n) is 12.3. The van der Waals surface area contributed by atoms with E-state index in [-0.39, 0.29) is 5.82 Å². The number of fused-ring (bicyclic) bond motifs is 1. The van der Waals surface area contributed by atoms with Crippen LogP contribution in [0.15, 0.2) is 30.7 Å². The molecule has 2 atom stereocenters. The van der Waals surface area contributed by atoms with Gasteiger partial charge in [-0.2, -0.15) is 15.0 Å². The van der Waals surface area contributed by atoms with Gasteiger partial charge >= 0.3 is 0 Å². The van der Waals surface area contributed by atoms with Gasteiger partial charge in [0.2, 0.25) is 0 Å². The first-order valence-electron chi connectivity index (χ1n) is 7.74. The van der Waals surface area contributed by atoms with Crippen LogP contribution in [0, 0.1) is 11.7 Å². The van der Waals surface area contributed by atoms with E-state index in [1.54, 1.807) is 23.3 Å². The first-order valence-corrected chi connectivity index (χ1v) is 7.74. The fourth-order valence-corrected chi connectivity index (χ4v) is 3.65. The molecule has 0 amide bonds. The maximum absolute atomic E-state index is 13.0. The molecule has 116 valence electrons. The largest absolute Gasteiger partial charge is 0.355 e. The molecule has 2 aromatic heterocycles. The summed E-state index contributed by atoms with van der Waals surface area (Å²) in [6, 6.07) is 3.81. The van der Waals surface area contributed by atoms with E-state index < -0.39 is 0 Å². The summed E-state index contributed by atoms with van der Waals surface area (Å²) in [5.74, 6) is 1.28. The van der Waals surface area contributed by atoms with Crippen LogP contribution in [-0.2, 0) is 6.54 Å². The standard InChI is InChI=1S/C15H19FN6/c16-13-1-2-15(17-9-13)21-10-12-3-6-20(14(12)11-21)7-8-22-18-4-5-19-22/h1-2,4-5,9,12,14H,3,6-8,10-11H2. The second-order valence-corrected chi connectivity index (χ2v) is 6.02. The van der Waals surface area contributed by atoms with Crippen LogP contribution in [0.5, 0.6) is 0 Å². The Labute approximate surface area is 128 Å². The van der Waals surface area contributed by atoms with Gasteiger partial charge in [0.05, 0.1) is 25.1 Å². The van der Waals surface area contributed by atoms with E-state index in [2.05, 4.69) is 25.0 Å². The highest BCUT2D eigenvalue weighted by Gasteiger charge is 2.41. The van der Waals surface area contributed by atoms with Crippen molar-refractivity contribution in [2.75, 3.05) is 31.1 Å². The normalized spacial score (nSPS) is 24.9. The zero-order chi connectivity index (χ0) is 14.9. The van der Waals surface area contributed by atoms with Crippen LogP contribution in [0.4, 0.5) is 10.2 Å². The predicted octanol–water partition coefficient (Wildman–Crippen LogP) is 1.02. The molecule has 6 nitrogen and oxygen atoms in total. The van der Waals surface area contributed by atoms with Crippen LogP contribution in [0.2, 0.25) is 0 Å². The molecule has 0 bridgehead atoms. The van der Waals surface area contributed by atoms with Crippen molar-refractivity contribution < 1.29 is 4.39 Å². The molecule has 0 spiro atoms. The molecular weight excluding hydrogens is 283 g/mol. The van der Waals surface area contributed by atoms with Crippen molar-refractivity contribution in [1.82, 2.24) is 24.9 Å². The van der Waals surface area contributed by atoms with Gasteiger partial charge in [-0.25, -0.2) is 9.37 Å². The summed E-state index contributed by atoms with van der Waals surface area (Å²) in [7, 11) is 0. The van der Waals surface area contributed by atoms with E-state index in [0.29, 0.717) is 12.0 Å². The lowest BCUT2D eigenvalue weighted by molar-refractivity contribution is 0.235. The maximum atomic E-state index is 13.0. The van der Waals surface area contributed by atoms with E-state index in [1.165, 1.54) is 18.7 Å². The number of halogens is 1. The predicted molar refractivity (Wildman–Crippen MR) is 79.9 cm³/mol. The van der Waals surface area contributed by atoms with Gasteiger partial charge in [-0.15, -0.1) is 0 Å². The molecule has 0 radical (unpaired) electrons. The molecule has 2 unspecified atom stereocenters. The van der Waals surface area contributed by atoms with Gasteiger partial charge in [-0.3, -0.25) is 4.90 Å². The summed E-state index contributed by atoms with van der Waals surface area (Å²) in [5, 5.41) is 8.31. The van der Waals surface area contributed by atoms with Gasteiger partial charge in [0.15, 0.2) is 0 Å². The van der Waals surface area contributed by atoms with Crippen molar-refractivity contribution in [2.45, 2.75) is 19.0 Å². The number of anilines is 1. The number of aromatic nitrogens is 4. The third kappa shape index (κ3) is 2.56. The first-order chi connectivity index (χ1) is 10.8. The highest BCUT2D eigenvalue weighted by molar-refractivity contribution is 5.40. The van der Waals surface area contributed by atoms with Gasteiger partial charge < -0.3 is 4.90 Å². The Kier molecular flexibility index (Phi) is 3.49. The van der Waals surface area contributed by atoms with Crippen molar-refractivity contribution >= 4 is 5.82 Å². The van der Waals surface area contributed by atoms with Crippen molar-refractivity contribution in [1.29, 1.82) is 0 Å². The highest BCUT2D eigenvalue weighted by Crippen LogP contribution is 2.33. The third-order valence-electron chi connectivity index (χ3n) is 4.75. The molecule has 2 aliphatic rings. The Balaban J connectivity index is 1.39. The number of hydrogen-bond donors (Lipinski definition) is 0. The van der Waals surface area contributed by atoms with Gasteiger partial charge in [0.25, 0.3) is 0 Å². The van der Waals surface area contributed by atoms with Crippen molar-refractivity contribution in [3.05, 3.63) is 36.5 Å². The molecule has 7 heteroatoms. The molecule has 22 heavy (non-hydrogen) atoms. The van der Waals surface area contributed by atoms with Crippen LogP contribution in [0.25, 0.3) is 0 Å². The number of nitrogens with zero attached hydrogens (tertiary/aromatic N) is 6. The number of hydrogen-bond acceptors (Lipinski definition) is 5. The second-order valence-electron chi connectivity index (χ2n) is 6.02. The molecule has 2 saturated heterocycles. The fraction of sp³-hybridized carbons (Fsp3) is 0.533. The lowest BCUT2D eigenvalue weighted by Gasteiger charge is -2.24. The smallest absolute Gasteiger partial charge is 0.141 e. The van der Waals surface area contributed by atoms with Gasteiger partial charge in [-0.05, 0) is 31.0 Å². The van der Waals surface area contributed by atoms with Gasteiger partial charge in [-0.1, -0.05) is 0 Å². The second kappa shape index (κ2) is 5.64. The van der Waals surface area contributed by atoms with E-state index in [1.807, 2.05) is 0 Å². The van der Waals surface area contributed by atoms with Crippen LogP contribution in [-0.4, -0.2) is 57.1 Å². The van der Waals surface area contributed by atoms with Crippen molar-refractivity contribution in [2.24, 2.45) is 5.92 Å². The average Bonchev–Trinajstić information content (AvgIpc) is 3.23. The highest BCUT2D eigenvalue weighted by atomic mass is 19.1. The van der Waals surface area contributed by atoms with Gasteiger partial charge in [0.1, 0.15) is 11.6 Å². The molecular formula is C15H19FN6. The van der Waals surface area contributed by atoms with Crippen LogP contribution < -0.4 is 4.90 Å². The van der Waals surface area contributed by atoms with E-state index in [9.17, 15) is 4.39 Å². The van der Waals surface area contributed by atoms with Crippen molar-refractivity contribution in [3.63, 3.8) is 0 Å². The molecule has 2 aliphatic heterocycles. The monoisotopic (exact) mass is 302 g/mol. The van der Waals surface area contributed by atoms with Crippen LogP contribution in [0.1, 0.15) is 6.42 Å². The average molecular weight is 302 g/mol. The molecule has 0 N–H and O–H groups in total. The Morgan fingerprint density at radius 2 is 2.00 bits per heavy atom. The minimum Gasteiger partial charge on any atom is -0.355 e. The molecule has 2 aromatic rings. The number of rotatable bonds is 4. The van der Waals surface area contributed by atoms with Crippen LogP contribution in [0.3, 0.4) is 0 Å². The van der Waals surface area contributed by atoms with E-state index in [4.69, 9.17) is 0 Å². The Bertz CT molecular complexity index is 613. The van der Waals surface area contributed by atoms with Gasteiger partial charge in [0, 0.05) is 25.7 Å². The molecule has 4 heterocycles. The Morgan fingerprint density at radius 1 is 1.14 bits per heavy atom. The summed E-state index contributed by atoms with van der Waals surface area (Å²) in [6.07, 6.45) is 5.94. The number of likely N-dealkylation sites (tertiary alicyclic amines) is 1. The Morgan fingerprint density at radius 3 is 2.77 bits per heavy atom. The molecule has 0 aromatic carbocycles. The fourth-order valence-electron chi connectivity index (χ4n) is 3.65. The first kappa shape index (κ1) is 13.6. The quantitative estimate of drug-likeness (QED) is 0.844. The van der Waals surface area contributed by atoms with E-state index >= 15 is 0 Å². The summed E-state index contributed by atoms with van der Waals surface area (Å²) in [5.41, 5.74) is 0. The maximum Gasteiger partial charge on any atom is 0.141 e. The summed E-state index contributed by atoms with van der Waals surface area (Å²) in [4.78, 5) is 10.7. The molecule has 2 fully saturated rings. The van der Waals surface area contributed by atoms with Crippen LogP contribution >= 0.6 is 0 Å². The van der Waals surface area contributed by atoms with Crippen molar-refractivity contribution in [3.8, 4) is 0 Å². The third-order valence-corrected chi connectivity index (χ3v) is 4.75. The summed E-state index contributed by atoms with van der Waals surface area (Å²) >= 11 is 0.